The van der Waals surface area contributed by atoms with Crippen molar-refractivity contribution in [2.24, 2.45) is 5.73 Å². The minimum atomic E-state index is -4.53. The number of nitrogens with one attached hydrogen (secondary N) is 1. The molecular formula is C12H18F3N3O2S. The van der Waals surface area contributed by atoms with Gasteiger partial charge in [-0.1, -0.05) is 6.07 Å². The van der Waals surface area contributed by atoms with E-state index in [9.17, 15) is 21.6 Å². The lowest BCUT2D eigenvalue weighted by atomic mass is 10.1. The van der Waals surface area contributed by atoms with Crippen LogP contribution in [0.2, 0.25) is 0 Å². The maximum absolute atomic E-state index is 12.7. The summed E-state index contributed by atoms with van der Waals surface area (Å²) in [6.07, 6.45) is -4.07. The second-order valence-electron chi connectivity index (χ2n) is 4.60. The van der Waals surface area contributed by atoms with Gasteiger partial charge >= 0.3 is 16.4 Å². The van der Waals surface area contributed by atoms with Crippen LogP contribution in [0.3, 0.4) is 0 Å². The van der Waals surface area contributed by atoms with E-state index in [0.717, 1.165) is 16.4 Å². The highest BCUT2D eigenvalue weighted by atomic mass is 32.2. The van der Waals surface area contributed by atoms with Gasteiger partial charge in [-0.2, -0.15) is 25.9 Å². The van der Waals surface area contributed by atoms with Gasteiger partial charge < -0.3 is 5.73 Å². The van der Waals surface area contributed by atoms with Crippen molar-refractivity contribution in [3.63, 3.8) is 0 Å². The van der Waals surface area contributed by atoms with E-state index >= 15 is 0 Å². The molecule has 0 bridgehead atoms. The molecule has 0 amide bonds. The van der Waals surface area contributed by atoms with Gasteiger partial charge in [-0.25, -0.2) is 0 Å². The average molecular weight is 325 g/mol. The molecular weight excluding hydrogens is 307 g/mol. The monoisotopic (exact) mass is 325 g/mol. The van der Waals surface area contributed by atoms with Gasteiger partial charge in [-0.05, 0) is 37.6 Å². The molecule has 9 heteroatoms. The van der Waals surface area contributed by atoms with Gasteiger partial charge in [0.05, 0.1) is 11.3 Å². The zero-order valence-corrected chi connectivity index (χ0v) is 12.6. The first-order valence-corrected chi connectivity index (χ1v) is 7.64. The number of benzene rings is 1. The molecule has 0 saturated heterocycles. The van der Waals surface area contributed by atoms with Crippen LogP contribution in [0, 0.1) is 6.92 Å². The molecule has 0 spiro atoms. The number of rotatable bonds is 6. The van der Waals surface area contributed by atoms with Crippen molar-refractivity contribution in [1.82, 2.24) is 4.31 Å². The lowest BCUT2D eigenvalue weighted by molar-refractivity contribution is -0.137. The highest BCUT2D eigenvalue weighted by molar-refractivity contribution is 7.90. The van der Waals surface area contributed by atoms with E-state index in [1.807, 2.05) is 0 Å². The number of alkyl halides is 3. The Hall–Kier alpha value is -1.32. The minimum Gasteiger partial charge on any atom is -0.330 e. The topological polar surface area (TPSA) is 75.4 Å². The van der Waals surface area contributed by atoms with Crippen LogP contribution in [0.1, 0.15) is 17.5 Å². The van der Waals surface area contributed by atoms with E-state index < -0.39 is 21.9 Å². The summed E-state index contributed by atoms with van der Waals surface area (Å²) < 4.78 is 65.2. The lowest BCUT2D eigenvalue weighted by Crippen LogP contribution is -2.34. The Morgan fingerprint density at radius 3 is 2.48 bits per heavy atom. The van der Waals surface area contributed by atoms with E-state index in [2.05, 4.69) is 4.72 Å². The summed E-state index contributed by atoms with van der Waals surface area (Å²) in [4.78, 5) is 0. The maximum Gasteiger partial charge on any atom is 0.416 e. The van der Waals surface area contributed by atoms with E-state index in [1.54, 1.807) is 0 Å². The van der Waals surface area contributed by atoms with Crippen molar-refractivity contribution in [3.8, 4) is 0 Å². The molecule has 0 unspecified atom stereocenters. The molecule has 1 aromatic carbocycles. The molecule has 0 saturated carbocycles. The Morgan fingerprint density at radius 2 is 1.95 bits per heavy atom. The van der Waals surface area contributed by atoms with Crippen LogP contribution in [-0.4, -0.2) is 32.9 Å². The second kappa shape index (κ2) is 6.63. The molecule has 1 rings (SSSR count). The number of hydrogen-bond donors (Lipinski definition) is 2. The SMILES string of the molecule is Cc1ccc(C(F)(F)F)cc1NS(=O)(=O)N(C)CCCN. The summed E-state index contributed by atoms with van der Waals surface area (Å²) in [5, 5.41) is 0. The van der Waals surface area contributed by atoms with E-state index in [-0.39, 0.29) is 12.2 Å². The summed E-state index contributed by atoms with van der Waals surface area (Å²) in [5.41, 5.74) is 4.70. The van der Waals surface area contributed by atoms with Gasteiger partial charge in [-0.15, -0.1) is 0 Å². The van der Waals surface area contributed by atoms with Gasteiger partial charge in [0.25, 0.3) is 0 Å². The van der Waals surface area contributed by atoms with Crippen molar-refractivity contribution in [2.45, 2.75) is 19.5 Å². The summed E-state index contributed by atoms with van der Waals surface area (Å²) in [6, 6.07) is 2.91. The predicted molar refractivity (Wildman–Crippen MR) is 75.0 cm³/mol. The van der Waals surface area contributed by atoms with Crippen molar-refractivity contribution in [1.29, 1.82) is 0 Å². The first kappa shape index (κ1) is 17.7. The number of aryl methyl sites for hydroxylation is 1. The van der Waals surface area contributed by atoms with Gasteiger partial charge in [0, 0.05) is 13.6 Å². The highest BCUT2D eigenvalue weighted by Crippen LogP contribution is 2.32. The van der Waals surface area contributed by atoms with Crippen LogP contribution in [-0.2, 0) is 16.4 Å². The maximum atomic E-state index is 12.7. The molecule has 0 fully saturated rings. The van der Waals surface area contributed by atoms with Crippen molar-refractivity contribution < 1.29 is 21.6 Å². The summed E-state index contributed by atoms with van der Waals surface area (Å²) >= 11 is 0. The average Bonchev–Trinajstić information content (AvgIpc) is 2.36. The van der Waals surface area contributed by atoms with Crippen LogP contribution in [0.5, 0.6) is 0 Å². The Balaban J connectivity index is 3.01. The van der Waals surface area contributed by atoms with Crippen molar-refractivity contribution in [3.05, 3.63) is 29.3 Å². The first-order chi connectivity index (χ1) is 9.58. The van der Waals surface area contributed by atoms with Crippen LogP contribution in [0.25, 0.3) is 0 Å². The summed E-state index contributed by atoms with van der Waals surface area (Å²) in [5.74, 6) is 0. The largest absolute Gasteiger partial charge is 0.416 e. The highest BCUT2D eigenvalue weighted by Gasteiger charge is 2.31. The molecule has 0 aliphatic carbocycles. The van der Waals surface area contributed by atoms with E-state index in [1.165, 1.54) is 20.0 Å². The van der Waals surface area contributed by atoms with Crippen molar-refractivity contribution in [2.75, 3.05) is 24.9 Å². The number of halogens is 3. The molecule has 5 nitrogen and oxygen atoms in total. The lowest BCUT2D eigenvalue weighted by Gasteiger charge is -2.19. The normalized spacial score (nSPS) is 12.7. The van der Waals surface area contributed by atoms with Crippen molar-refractivity contribution >= 4 is 15.9 Å². The third kappa shape index (κ3) is 4.87. The summed E-state index contributed by atoms with van der Waals surface area (Å²) in [6.45, 7) is 2.03. The zero-order chi connectivity index (χ0) is 16.3. The Kier molecular flexibility index (Phi) is 5.60. The molecule has 0 heterocycles. The smallest absolute Gasteiger partial charge is 0.330 e. The first-order valence-electron chi connectivity index (χ1n) is 6.20. The standard InChI is InChI=1S/C12H18F3N3O2S/c1-9-4-5-10(12(13,14)15)8-11(9)17-21(19,20)18(2)7-3-6-16/h4-5,8,17H,3,6-7,16H2,1-2H3. The molecule has 0 aromatic heterocycles. The Bertz CT molecular complexity index is 588. The van der Waals surface area contributed by atoms with Gasteiger partial charge in [-0.3, -0.25) is 4.72 Å². The quantitative estimate of drug-likeness (QED) is 0.839. The van der Waals surface area contributed by atoms with Crippen LogP contribution in [0.15, 0.2) is 18.2 Å². The number of nitrogens with zero attached hydrogens (tertiary/aromatic N) is 1. The predicted octanol–water partition coefficient (Wildman–Crippen LogP) is 1.95. The molecule has 0 aliphatic heterocycles. The molecule has 3 N–H and O–H groups in total. The number of hydrogen-bond acceptors (Lipinski definition) is 3. The molecule has 21 heavy (non-hydrogen) atoms. The molecule has 0 aliphatic rings. The third-order valence-electron chi connectivity index (χ3n) is 2.89. The van der Waals surface area contributed by atoms with E-state index in [0.29, 0.717) is 18.5 Å². The van der Waals surface area contributed by atoms with Crippen LogP contribution < -0.4 is 10.5 Å². The van der Waals surface area contributed by atoms with E-state index in [4.69, 9.17) is 5.73 Å². The molecule has 120 valence electrons. The molecule has 0 atom stereocenters. The zero-order valence-electron chi connectivity index (χ0n) is 11.7. The van der Waals surface area contributed by atoms with Crippen LogP contribution >= 0.6 is 0 Å². The number of nitrogens with two attached hydrogens (primary N) is 1. The third-order valence-corrected chi connectivity index (χ3v) is 4.37. The minimum absolute atomic E-state index is 0.0931. The fourth-order valence-electron chi connectivity index (χ4n) is 1.56. The molecule has 1 aromatic rings. The fraction of sp³-hybridized carbons (Fsp3) is 0.500. The number of anilines is 1. The van der Waals surface area contributed by atoms with Crippen LogP contribution in [0.4, 0.5) is 18.9 Å². The Labute approximate surface area is 122 Å². The van der Waals surface area contributed by atoms with Gasteiger partial charge in [0.2, 0.25) is 0 Å². The molecule has 0 radical (unpaired) electrons. The summed E-state index contributed by atoms with van der Waals surface area (Å²) in [7, 11) is -2.58. The van der Waals surface area contributed by atoms with Gasteiger partial charge in [0.15, 0.2) is 0 Å². The van der Waals surface area contributed by atoms with Gasteiger partial charge in [0.1, 0.15) is 0 Å². The Morgan fingerprint density at radius 1 is 1.33 bits per heavy atom. The fourth-order valence-corrected chi connectivity index (χ4v) is 2.58. The second-order valence-corrected chi connectivity index (χ2v) is 6.38.